The summed E-state index contributed by atoms with van der Waals surface area (Å²) in [5.74, 6) is 1.76. The Morgan fingerprint density at radius 3 is 2.13 bits per heavy atom. The maximum atomic E-state index is 14.0. The zero-order valence-corrected chi connectivity index (χ0v) is 32.1. The normalized spacial score (nSPS) is 22.3. The summed E-state index contributed by atoms with van der Waals surface area (Å²) in [4.78, 5) is 59.4. The molecule has 2 aliphatic heterocycles. The molecule has 284 valence electrons. The molecule has 2 unspecified atom stereocenters. The third-order valence-electron chi connectivity index (χ3n) is 11.7. The maximum Gasteiger partial charge on any atom is 0.410 e. The van der Waals surface area contributed by atoms with E-state index >= 15 is 0 Å². The van der Waals surface area contributed by atoms with E-state index in [2.05, 4.69) is 51.7 Å². The number of carbonyl (C=O) groups is 3. The largest absolute Gasteiger partial charge is 0.453 e. The first-order valence-electron chi connectivity index (χ1n) is 19.4. The molecule has 2 aliphatic carbocycles. The van der Waals surface area contributed by atoms with Gasteiger partial charge in [-0.2, -0.15) is 0 Å². The lowest BCUT2D eigenvalue weighted by molar-refractivity contribution is -0.139. The van der Waals surface area contributed by atoms with E-state index < -0.39 is 17.7 Å². The SMILES string of the molecule is COC(=O)N[C@H](C(=O)N1C(c2ncc(-c3ccc4c(c3)CCc3cc(-c5cnc([C@@H]6CCCN6C(=O)OC(C)(C)C)[nH]5)ccc3-4)[nH]2)C2CC[C@@H]1C2)C(C)C. The average molecular weight is 734 g/mol. The summed E-state index contributed by atoms with van der Waals surface area (Å²) in [6, 6.07) is 12.4. The van der Waals surface area contributed by atoms with Gasteiger partial charge in [0.2, 0.25) is 5.91 Å². The van der Waals surface area contributed by atoms with E-state index in [4.69, 9.17) is 19.4 Å². The lowest BCUT2D eigenvalue weighted by atomic mass is 9.83. The van der Waals surface area contributed by atoms with Gasteiger partial charge in [-0.05, 0) is 123 Å². The number of amides is 3. The summed E-state index contributed by atoms with van der Waals surface area (Å²) in [7, 11) is 1.32. The Morgan fingerprint density at radius 2 is 1.52 bits per heavy atom. The molecule has 12 nitrogen and oxygen atoms in total. The molecular weight excluding hydrogens is 683 g/mol. The summed E-state index contributed by atoms with van der Waals surface area (Å²) in [6.45, 7) is 10.2. The average Bonchev–Trinajstić information content (AvgIpc) is 4.00. The highest BCUT2D eigenvalue weighted by Gasteiger charge is 2.51. The second-order valence-corrected chi connectivity index (χ2v) is 16.7. The molecule has 12 heteroatoms. The van der Waals surface area contributed by atoms with Crippen LogP contribution in [0.15, 0.2) is 48.8 Å². The molecule has 3 amide bonds. The minimum absolute atomic E-state index is 0.0761. The van der Waals surface area contributed by atoms with Crippen LogP contribution in [-0.2, 0) is 27.1 Å². The Balaban J connectivity index is 0.993. The van der Waals surface area contributed by atoms with Crippen molar-refractivity contribution in [3.8, 4) is 33.6 Å². The zero-order valence-electron chi connectivity index (χ0n) is 32.1. The fourth-order valence-electron chi connectivity index (χ4n) is 9.12. The van der Waals surface area contributed by atoms with Crippen LogP contribution in [0.5, 0.6) is 0 Å². The highest BCUT2D eigenvalue weighted by Crippen LogP contribution is 2.50. The number of piperidine rings is 1. The number of imidazole rings is 2. The molecule has 2 aromatic heterocycles. The van der Waals surface area contributed by atoms with Crippen molar-refractivity contribution < 1.29 is 23.9 Å². The second-order valence-electron chi connectivity index (χ2n) is 16.7. The number of aryl methyl sites for hydroxylation is 2. The van der Waals surface area contributed by atoms with E-state index in [1.807, 2.05) is 51.9 Å². The Kier molecular flexibility index (Phi) is 9.26. The molecule has 3 N–H and O–H groups in total. The van der Waals surface area contributed by atoms with Crippen molar-refractivity contribution >= 4 is 18.1 Å². The number of aromatic amines is 2. The number of hydrogen-bond acceptors (Lipinski definition) is 7. The summed E-state index contributed by atoms with van der Waals surface area (Å²) < 4.78 is 10.5. The fraction of sp³-hybridized carbons (Fsp3) is 0.500. The van der Waals surface area contributed by atoms with Crippen LogP contribution < -0.4 is 5.32 Å². The number of alkyl carbamates (subject to hydrolysis) is 1. The predicted octanol–water partition coefficient (Wildman–Crippen LogP) is 7.74. The highest BCUT2D eigenvalue weighted by molar-refractivity contribution is 5.87. The van der Waals surface area contributed by atoms with Crippen LogP contribution in [0.25, 0.3) is 33.6 Å². The third-order valence-corrected chi connectivity index (χ3v) is 11.7. The number of benzene rings is 2. The standard InChI is InChI=1S/C42H51N7O5/c1-23(2)35(47-40(51)53-6)39(50)49-29-14-11-28(20-29)36(49)38-44-22-33(46-38)27-13-16-31-25(19-27)10-9-24-18-26(12-15-30(24)31)32-21-43-37(45-32)34-8-7-17-48(34)41(52)54-42(3,4)5/h12-13,15-16,18-19,21-23,28-29,34-36H,7-11,14,17,20H2,1-6H3,(H,43,45)(H,44,46)(H,47,51)/t28?,29-,34+,35+,36?/m1/s1. The van der Waals surface area contributed by atoms with E-state index in [0.717, 1.165) is 79.1 Å². The van der Waals surface area contributed by atoms with E-state index in [1.54, 1.807) is 4.90 Å². The Labute approximate surface area is 316 Å². The van der Waals surface area contributed by atoms with Crippen LogP contribution in [0.4, 0.5) is 9.59 Å². The number of aromatic nitrogens is 4. The molecule has 3 fully saturated rings. The van der Waals surface area contributed by atoms with Crippen molar-refractivity contribution in [2.75, 3.05) is 13.7 Å². The quantitative estimate of drug-likeness (QED) is 0.176. The van der Waals surface area contributed by atoms with Gasteiger partial charge >= 0.3 is 12.2 Å². The summed E-state index contributed by atoms with van der Waals surface area (Å²) in [5.41, 5.74) is 8.53. The van der Waals surface area contributed by atoms with Crippen LogP contribution >= 0.6 is 0 Å². The van der Waals surface area contributed by atoms with Crippen molar-refractivity contribution in [3.63, 3.8) is 0 Å². The number of nitrogens with zero attached hydrogens (tertiary/aromatic N) is 4. The number of fused-ring (bicyclic) bond motifs is 5. The molecule has 4 aliphatic rings. The van der Waals surface area contributed by atoms with Crippen molar-refractivity contribution in [1.82, 2.24) is 35.1 Å². The number of rotatable bonds is 7. The van der Waals surface area contributed by atoms with Gasteiger partial charge in [0.15, 0.2) is 0 Å². The molecule has 2 aromatic carbocycles. The summed E-state index contributed by atoms with van der Waals surface area (Å²) in [6.07, 6.45) is 9.44. The van der Waals surface area contributed by atoms with Crippen molar-refractivity contribution in [3.05, 3.63) is 71.6 Å². The van der Waals surface area contributed by atoms with E-state index in [9.17, 15) is 14.4 Å². The van der Waals surface area contributed by atoms with Crippen LogP contribution in [0.2, 0.25) is 0 Å². The monoisotopic (exact) mass is 733 g/mol. The molecule has 4 heterocycles. The maximum absolute atomic E-state index is 14.0. The van der Waals surface area contributed by atoms with Gasteiger partial charge in [-0.15, -0.1) is 0 Å². The molecule has 8 rings (SSSR count). The highest BCUT2D eigenvalue weighted by atomic mass is 16.6. The van der Waals surface area contributed by atoms with Gasteiger partial charge in [-0.1, -0.05) is 38.1 Å². The topological polar surface area (TPSA) is 146 Å². The van der Waals surface area contributed by atoms with Gasteiger partial charge in [0.1, 0.15) is 23.3 Å². The Hall–Kier alpha value is -5.13. The van der Waals surface area contributed by atoms with Crippen LogP contribution in [-0.4, -0.2) is 79.2 Å². The third kappa shape index (κ3) is 6.64. The minimum Gasteiger partial charge on any atom is -0.453 e. The van der Waals surface area contributed by atoms with E-state index in [-0.39, 0.29) is 36.0 Å². The lowest BCUT2D eigenvalue weighted by Crippen LogP contribution is -2.54. The van der Waals surface area contributed by atoms with Crippen LogP contribution in [0.1, 0.15) is 102 Å². The van der Waals surface area contributed by atoms with Gasteiger partial charge < -0.3 is 29.7 Å². The number of likely N-dealkylation sites (tertiary alicyclic amines) is 2. The second kappa shape index (κ2) is 13.9. The summed E-state index contributed by atoms with van der Waals surface area (Å²) >= 11 is 0. The molecular formula is C42H51N7O5. The molecule has 54 heavy (non-hydrogen) atoms. The fourth-order valence-corrected chi connectivity index (χ4v) is 9.12. The number of carbonyl (C=O) groups excluding carboxylic acids is 3. The van der Waals surface area contributed by atoms with Crippen molar-refractivity contribution in [2.45, 2.75) is 109 Å². The number of hydrogen-bond donors (Lipinski definition) is 3. The molecule has 2 bridgehead atoms. The first kappa shape index (κ1) is 35.9. The molecule has 4 aromatic rings. The first-order valence-corrected chi connectivity index (χ1v) is 19.4. The number of nitrogens with one attached hydrogen (secondary N) is 3. The van der Waals surface area contributed by atoms with Gasteiger partial charge in [0.25, 0.3) is 0 Å². The summed E-state index contributed by atoms with van der Waals surface area (Å²) in [5, 5.41) is 2.77. The van der Waals surface area contributed by atoms with Gasteiger partial charge in [-0.3, -0.25) is 9.69 Å². The van der Waals surface area contributed by atoms with Crippen molar-refractivity contribution in [2.24, 2.45) is 11.8 Å². The van der Waals surface area contributed by atoms with Crippen LogP contribution in [0, 0.1) is 11.8 Å². The van der Waals surface area contributed by atoms with Gasteiger partial charge in [0, 0.05) is 12.6 Å². The lowest BCUT2D eigenvalue weighted by Gasteiger charge is -2.37. The molecule has 2 saturated heterocycles. The van der Waals surface area contributed by atoms with Gasteiger partial charge in [-0.25, -0.2) is 19.6 Å². The predicted molar refractivity (Wildman–Crippen MR) is 204 cm³/mol. The number of methoxy groups -OCH3 is 1. The number of H-pyrrole nitrogens is 2. The number of ether oxygens (including phenoxy) is 2. The molecule has 0 spiro atoms. The molecule has 1 saturated carbocycles. The minimum atomic E-state index is -0.668. The van der Waals surface area contributed by atoms with E-state index in [1.165, 1.54) is 29.4 Å². The zero-order chi connectivity index (χ0) is 37.9. The van der Waals surface area contributed by atoms with Crippen LogP contribution in [0.3, 0.4) is 0 Å². The Morgan fingerprint density at radius 1 is 0.889 bits per heavy atom. The smallest absolute Gasteiger partial charge is 0.410 e. The molecule has 0 radical (unpaired) electrons. The van der Waals surface area contributed by atoms with Crippen molar-refractivity contribution in [1.29, 1.82) is 0 Å². The molecule has 5 atom stereocenters. The van der Waals surface area contributed by atoms with E-state index in [0.29, 0.717) is 12.5 Å². The first-order chi connectivity index (χ1) is 25.9. The van der Waals surface area contributed by atoms with Gasteiger partial charge in [0.05, 0.1) is 43.0 Å². The Bertz CT molecular complexity index is 2080.